The van der Waals surface area contributed by atoms with Gasteiger partial charge in [-0.15, -0.1) is 0 Å². The molecule has 0 unspecified atom stereocenters. The van der Waals surface area contributed by atoms with E-state index in [1.54, 1.807) is 13.0 Å². The van der Waals surface area contributed by atoms with Crippen LogP contribution in [-0.4, -0.2) is 22.5 Å². The summed E-state index contributed by atoms with van der Waals surface area (Å²) in [6.07, 6.45) is 1.89. The Bertz CT molecular complexity index is 1080. The van der Waals surface area contributed by atoms with Gasteiger partial charge in [0.2, 0.25) is 35.0 Å². The fraction of sp³-hybridized carbons (Fsp3) is 0.300. The second kappa shape index (κ2) is 8.97. The molecule has 0 spiro atoms. The summed E-state index contributed by atoms with van der Waals surface area (Å²) < 4.78 is 77.1. The maximum atomic E-state index is 13.8. The van der Waals surface area contributed by atoms with E-state index in [0.717, 1.165) is 0 Å². The first-order chi connectivity index (χ1) is 14.9. The number of ether oxygens (including phenoxy) is 2. The molecule has 1 atom stereocenters. The monoisotopic (exact) mass is 584 g/mol. The zero-order chi connectivity index (χ0) is 23.8. The summed E-state index contributed by atoms with van der Waals surface area (Å²) >= 11 is 6.77. The van der Waals surface area contributed by atoms with Gasteiger partial charge < -0.3 is 9.47 Å². The Morgan fingerprint density at radius 1 is 1.12 bits per heavy atom. The van der Waals surface area contributed by atoms with Crippen LogP contribution in [0.2, 0.25) is 0 Å². The molecule has 1 amide bonds. The van der Waals surface area contributed by atoms with Crippen molar-refractivity contribution in [2.75, 3.05) is 7.11 Å². The number of benzene rings is 2. The standard InChI is InChI=1S/C20H15Br2F5N2O3/c1-19(8-20(19,21)22)18(30)29-28-6-9-3-4-11(31-2)10(5-9)7-32-17-15(26)13(24)12(23)14(25)16(17)27/h3-6H,7-8H2,1-2H3,(H,29,30)/b28-6-/t19-/m1/s1. The average Bonchev–Trinajstić information content (AvgIpc) is 3.29. The van der Waals surface area contributed by atoms with Crippen LogP contribution in [0.5, 0.6) is 11.5 Å². The Kier molecular flexibility index (Phi) is 6.85. The lowest BCUT2D eigenvalue weighted by Gasteiger charge is -2.13. The summed E-state index contributed by atoms with van der Waals surface area (Å²) in [5.41, 5.74) is 2.44. The van der Waals surface area contributed by atoms with Crippen LogP contribution in [0.4, 0.5) is 22.0 Å². The molecular weight excluding hydrogens is 571 g/mol. The van der Waals surface area contributed by atoms with Crippen molar-refractivity contribution in [2.24, 2.45) is 10.5 Å². The summed E-state index contributed by atoms with van der Waals surface area (Å²) in [4.78, 5) is 12.2. The summed E-state index contributed by atoms with van der Waals surface area (Å²) in [5, 5.41) is 3.88. The second-order valence-electron chi connectivity index (χ2n) is 7.17. The third-order valence-corrected chi connectivity index (χ3v) is 7.30. The summed E-state index contributed by atoms with van der Waals surface area (Å²) in [5.74, 6) is -12.1. The van der Waals surface area contributed by atoms with E-state index in [0.29, 0.717) is 12.0 Å². The largest absolute Gasteiger partial charge is 0.496 e. The summed E-state index contributed by atoms with van der Waals surface area (Å²) in [6.45, 7) is 1.19. The smallest absolute Gasteiger partial charge is 0.248 e. The highest BCUT2D eigenvalue weighted by Crippen LogP contribution is 2.66. The third-order valence-electron chi connectivity index (χ3n) is 4.98. The molecule has 1 N–H and O–H groups in total. The van der Waals surface area contributed by atoms with Gasteiger partial charge in [0.1, 0.15) is 12.4 Å². The molecule has 1 fully saturated rings. The van der Waals surface area contributed by atoms with Crippen LogP contribution in [-0.2, 0) is 11.4 Å². The van der Waals surface area contributed by atoms with Crippen LogP contribution in [0, 0.1) is 34.5 Å². The number of nitrogens with one attached hydrogen (secondary N) is 1. The lowest BCUT2D eigenvalue weighted by Crippen LogP contribution is -2.29. The fourth-order valence-corrected chi connectivity index (χ4v) is 4.27. The minimum atomic E-state index is -2.28. The highest BCUT2D eigenvalue weighted by Gasteiger charge is 2.66. The molecule has 2 aromatic rings. The van der Waals surface area contributed by atoms with Crippen molar-refractivity contribution in [3.8, 4) is 11.5 Å². The van der Waals surface area contributed by atoms with Gasteiger partial charge in [0, 0.05) is 5.56 Å². The number of halogens is 7. The number of rotatable bonds is 7. The number of hydrazone groups is 1. The van der Waals surface area contributed by atoms with Gasteiger partial charge in [0.25, 0.3) is 0 Å². The molecule has 3 rings (SSSR count). The number of carbonyl (C=O) groups is 1. The van der Waals surface area contributed by atoms with Crippen LogP contribution in [0.15, 0.2) is 23.3 Å². The van der Waals surface area contributed by atoms with Gasteiger partial charge in [0.15, 0.2) is 5.75 Å². The molecule has 2 aromatic carbocycles. The predicted octanol–water partition coefficient (Wildman–Crippen LogP) is 5.32. The molecule has 0 radical (unpaired) electrons. The molecule has 172 valence electrons. The Morgan fingerprint density at radius 3 is 2.22 bits per heavy atom. The number of nitrogens with zero attached hydrogens (tertiary/aromatic N) is 1. The molecule has 32 heavy (non-hydrogen) atoms. The van der Waals surface area contributed by atoms with Crippen LogP contribution in [0.1, 0.15) is 24.5 Å². The van der Waals surface area contributed by atoms with Crippen molar-refractivity contribution in [1.29, 1.82) is 0 Å². The van der Waals surface area contributed by atoms with Crippen molar-refractivity contribution in [3.63, 3.8) is 0 Å². The maximum Gasteiger partial charge on any atom is 0.248 e. The van der Waals surface area contributed by atoms with E-state index in [4.69, 9.17) is 9.47 Å². The molecular formula is C20H15Br2F5N2O3. The molecule has 1 aliphatic rings. The first kappa shape index (κ1) is 24.4. The van der Waals surface area contributed by atoms with Crippen molar-refractivity contribution in [1.82, 2.24) is 5.43 Å². The molecule has 1 aliphatic carbocycles. The Morgan fingerprint density at radius 2 is 1.69 bits per heavy atom. The highest BCUT2D eigenvalue weighted by molar-refractivity contribution is 9.25. The number of amides is 1. The molecule has 0 saturated heterocycles. The number of methoxy groups -OCH3 is 1. The predicted molar refractivity (Wildman–Crippen MR) is 113 cm³/mol. The van der Waals surface area contributed by atoms with E-state index < -0.39 is 50.1 Å². The number of carbonyl (C=O) groups excluding carboxylic acids is 1. The van der Waals surface area contributed by atoms with E-state index in [1.807, 2.05) is 0 Å². The Balaban J connectivity index is 1.76. The van der Waals surface area contributed by atoms with Gasteiger partial charge in [-0.05, 0) is 37.1 Å². The van der Waals surface area contributed by atoms with Gasteiger partial charge in [-0.2, -0.15) is 13.9 Å². The average molecular weight is 586 g/mol. The topological polar surface area (TPSA) is 59.9 Å². The maximum absolute atomic E-state index is 13.8. The summed E-state index contributed by atoms with van der Waals surface area (Å²) in [6, 6.07) is 4.53. The molecule has 0 aromatic heterocycles. The van der Waals surface area contributed by atoms with E-state index >= 15 is 0 Å². The Hall–Kier alpha value is -2.21. The molecule has 0 aliphatic heterocycles. The van der Waals surface area contributed by atoms with Crippen molar-refractivity contribution in [2.45, 2.75) is 23.2 Å². The zero-order valence-electron chi connectivity index (χ0n) is 16.5. The van der Waals surface area contributed by atoms with Crippen molar-refractivity contribution >= 4 is 44.0 Å². The third kappa shape index (κ3) is 4.47. The minimum absolute atomic E-state index is 0.237. The number of alkyl halides is 2. The lowest BCUT2D eigenvalue weighted by atomic mass is 10.1. The first-order valence-corrected chi connectivity index (χ1v) is 10.5. The van der Waals surface area contributed by atoms with E-state index in [9.17, 15) is 26.7 Å². The Labute approximate surface area is 196 Å². The van der Waals surface area contributed by atoms with Crippen molar-refractivity contribution in [3.05, 3.63) is 58.4 Å². The van der Waals surface area contributed by atoms with Gasteiger partial charge in [-0.25, -0.2) is 18.6 Å². The lowest BCUT2D eigenvalue weighted by molar-refractivity contribution is -0.125. The van der Waals surface area contributed by atoms with Crippen LogP contribution in [0.3, 0.4) is 0 Å². The molecule has 12 heteroatoms. The summed E-state index contributed by atoms with van der Waals surface area (Å²) in [7, 11) is 1.33. The molecule has 0 bridgehead atoms. The van der Waals surface area contributed by atoms with E-state index in [2.05, 4.69) is 42.4 Å². The van der Waals surface area contributed by atoms with E-state index in [-0.39, 0.29) is 17.2 Å². The highest BCUT2D eigenvalue weighted by atomic mass is 79.9. The zero-order valence-corrected chi connectivity index (χ0v) is 19.7. The van der Waals surface area contributed by atoms with Gasteiger partial charge in [0.05, 0.1) is 22.0 Å². The van der Waals surface area contributed by atoms with Crippen LogP contribution < -0.4 is 14.9 Å². The molecule has 1 saturated carbocycles. The minimum Gasteiger partial charge on any atom is -0.496 e. The van der Waals surface area contributed by atoms with Crippen LogP contribution >= 0.6 is 31.9 Å². The van der Waals surface area contributed by atoms with Gasteiger partial charge in [-0.3, -0.25) is 4.79 Å². The van der Waals surface area contributed by atoms with E-state index in [1.165, 1.54) is 25.5 Å². The first-order valence-electron chi connectivity index (χ1n) is 8.95. The molecule has 0 heterocycles. The second-order valence-corrected chi connectivity index (χ2v) is 10.9. The van der Waals surface area contributed by atoms with Crippen molar-refractivity contribution < 1.29 is 36.2 Å². The number of hydrogen-bond acceptors (Lipinski definition) is 4. The normalized spacial score (nSPS) is 19.2. The van der Waals surface area contributed by atoms with Gasteiger partial charge in [-0.1, -0.05) is 31.9 Å². The van der Waals surface area contributed by atoms with Crippen LogP contribution in [0.25, 0.3) is 0 Å². The van der Waals surface area contributed by atoms with Gasteiger partial charge >= 0.3 is 0 Å². The molecule has 5 nitrogen and oxygen atoms in total. The quantitative estimate of drug-likeness (QED) is 0.120. The fourth-order valence-electron chi connectivity index (χ4n) is 2.79. The SMILES string of the molecule is COc1ccc(/C=N\NC(=O)[C@@]2(C)CC2(Br)Br)cc1COc1c(F)c(F)c(F)c(F)c1F. The number of hydrogen-bond donors (Lipinski definition) is 1.